The number of carbonyl (C=O) groups excluding carboxylic acids is 1. The van der Waals surface area contributed by atoms with Crippen LogP contribution in [0.25, 0.3) is 0 Å². The van der Waals surface area contributed by atoms with Crippen molar-refractivity contribution in [1.82, 2.24) is 9.88 Å². The Morgan fingerprint density at radius 3 is 2.65 bits per heavy atom. The lowest BCUT2D eigenvalue weighted by atomic mass is 10.1. The summed E-state index contributed by atoms with van der Waals surface area (Å²) in [5, 5.41) is 0. The number of pyridine rings is 1. The molecule has 6 heteroatoms. The number of carbonyl (C=O) groups is 1. The lowest BCUT2D eigenvalue weighted by Gasteiger charge is -2.35. The minimum absolute atomic E-state index is 0.0319. The molecule has 0 N–H and O–H groups in total. The normalized spacial score (nSPS) is 22.2. The van der Waals surface area contributed by atoms with Crippen LogP contribution in [0.2, 0.25) is 0 Å². The summed E-state index contributed by atoms with van der Waals surface area (Å²) in [7, 11) is 1.66. The van der Waals surface area contributed by atoms with E-state index in [2.05, 4.69) is 4.98 Å². The number of nitrogens with zero attached hydrogens (tertiary/aromatic N) is 3. The van der Waals surface area contributed by atoms with Crippen molar-refractivity contribution in [3.8, 4) is 5.75 Å². The van der Waals surface area contributed by atoms with Crippen molar-refractivity contribution in [1.29, 1.82) is 0 Å². The van der Waals surface area contributed by atoms with Gasteiger partial charge in [-0.15, -0.1) is 0 Å². The molecular formula is C20H22FN3O2. The first-order chi connectivity index (χ1) is 12.7. The highest BCUT2D eigenvalue weighted by atomic mass is 19.1. The summed E-state index contributed by atoms with van der Waals surface area (Å²) in [4.78, 5) is 20.8. The predicted molar refractivity (Wildman–Crippen MR) is 96.8 cm³/mol. The third kappa shape index (κ3) is 3.11. The van der Waals surface area contributed by atoms with Gasteiger partial charge in [-0.2, -0.15) is 0 Å². The number of halogens is 1. The number of benzene rings is 1. The van der Waals surface area contributed by atoms with Gasteiger partial charge in [0.1, 0.15) is 5.75 Å². The molecule has 136 valence electrons. The number of aromatic nitrogens is 1. The number of anilines is 1. The van der Waals surface area contributed by atoms with Gasteiger partial charge in [-0.3, -0.25) is 4.79 Å². The first-order valence-electron chi connectivity index (χ1n) is 8.96. The van der Waals surface area contributed by atoms with Gasteiger partial charge in [-0.05, 0) is 36.1 Å². The Morgan fingerprint density at radius 1 is 1.15 bits per heavy atom. The Balaban J connectivity index is 1.37. The molecule has 1 saturated carbocycles. The second-order valence-corrected chi connectivity index (χ2v) is 6.81. The summed E-state index contributed by atoms with van der Waals surface area (Å²) in [6.45, 7) is 2.41. The average molecular weight is 355 g/mol. The fraction of sp³-hybridized carbons (Fsp3) is 0.400. The van der Waals surface area contributed by atoms with Gasteiger partial charge in [0.15, 0.2) is 11.6 Å². The summed E-state index contributed by atoms with van der Waals surface area (Å²) < 4.78 is 19.3. The quantitative estimate of drug-likeness (QED) is 0.846. The predicted octanol–water partition coefficient (Wildman–Crippen LogP) is 2.68. The Kier molecular flexibility index (Phi) is 4.49. The number of rotatable bonds is 4. The Hall–Kier alpha value is -2.63. The maximum absolute atomic E-state index is 13.9. The molecule has 5 nitrogen and oxygen atoms in total. The molecule has 0 bridgehead atoms. The number of para-hydroxylation sites is 1. The molecular weight excluding hydrogens is 333 g/mol. The fourth-order valence-corrected chi connectivity index (χ4v) is 3.77. The van der Waals surface area contributed by atoms with E-state index >= 15 is 0 Å². The summed E-state index contributed by atoms with van der Waals surface area (Å²) in [5.74, 6) is 1.38. The molecule has 1 aromatic carbocycles. The largest absolute Gasteiger partial charge is 0.496 e. The van der Waals surface area contributed by atoms with E-state index in [0.717, 1.165) is 17.7 Å². The van der Waals surface area contributed by atoms with Crippen molar-refractivity contribution in [3.05, 3.63) is 54.0 Å². The van der Waals surface area contributed by atoms with E-state index in [1.54, 1.807) is 19.4 Å². The zero-order valence-electron chi connectivity index (χ0n) is 14.8. The molecule has 2 aliphatic rings. The molecule has 1 aliphatic carbocycles. The SMILES string of the molecule is COc1ccccc1[C@@H]1C[C@H]1C(=O)N1CCN(c2ncccc2F)CC1. The molecule has 1 aromatic heterocycles. The van der Waals surface area contributed by atoms with Crippen LogP contribution in [0.5, 0.6) is 5.75 Å². The topological polar surface area (TPSA) is 45.7 Å². The minimum Gasteiger partial charge on any atom is -0.496 e. The number of ether oxygens (including phenoxy) is 1. The van der Waals surface area contributed by atoms with Crippen LogP contribution in [0.1, 0.15) is 17.9 Å². The van der Waals surface area contributed by atoms with Crippen molar-refractivity contribution in [2.24, 2.45) is 5.92 Å². The molecule has 1 aliphatic heterocycles. The van der Waals surface area contributed by atoms with E-state index in [1.165, 1.54) is 6.07 Å². The van der Waals surface area contributed by atoms with Gasteiger partial charge < -0.3 is 14.5 Å². The Labute approximate surface area is 152 Å². The molecule has 2 fully saturated rings. The standard InChI is InChI=1S/C20H22FN3O2/c1-26-18-7-3-2-5-14(18)15-13-16(15)20(25)24-11-9-23(10-12-24)19-17(21)6-4-8-22-19/h2-8,15-16H,9-13H2,1H3/t15-,16+/m0/s1. The zero-order chi connectivity index (χ0) is 18.1. The van der Waals surface area contributed by atoms with Crippen molar-refractivity contribution in [3.63, 3.8) is 0 Å². The number of hydrogen-bond acceptors (Lipinski definition) is 4. The first-order valence-corrected chi connectivity index (χ1v) is 8.96. The van der Waals surface area contributed by atoms with Crippen LogP contribution in [-0.2, 0) is 4.79 Å². The molecule has 1 amide bonds. The van der Waals surface area contributed by atoms with Crippen LogP contribution < -0.4 is 9.64 Å². The van der Waals surface area contributed by atoms with Gasteiger partial charge in [0.05, 0.1) is 7.11 Å². The van der Waals surface area contributed by atoms with Gasteiger partial charge in [-0.25, -0.2) is 9.37 Å². The van der Waals surface area contributed by atoms with Crippen LogP contribution in [0, 0.1) is 11.7 Å². The number of piperazine rings is 1. The van der Waals surface area contributed by atoms with Crippen LogP contribution >= 0.6 is 0 Å². The van der Waals surface area contributed by atoms with Gasteiger partial charge in [0.25, 0.3) is 0 Å². The van der Waals surface area contributed by atoms with E-state index in [4.69, 9.17) is 4.74 Å². The Bertz CT molecular complexity index is 805. The molecule has 2 atom stereocenters. The Morgan fingerprint density at radius 2 is 1.92 bits per heavy atom. The lowest BCUT2D eigenvalue weighted by molar-refractivity contribution is -0.133. The molecule has 0 unspecified atom stereocenters. The zero-order valence-corrected chi connectivity index (χ0v) is 14.8. The number of hydrogen-bond donors (Lipinski definition) is 0. The number of methoxy groups -OCH3 is 1. The van der Waals surface area contributed by atoms with Crippen molar-refractivity contribution < 1.29 is 13.9 Å². The summed E-state index contributed by atoms with van der Waals surface area (Å²) in [6, 6.07) is 10.9. The molecule has 0 radical (unpaired) electrons. The van der Waals surface area contributed by atoms with Crippen LogP contribution in [0.3, 0.4) is 0 Å². The highest BCUT2D eigenvalue weighted by Crippen LogP contribution is 2.51. The van der Waals surface area contributed by atoms with Crippen LogP contribution in [0.4, 0.5) is 10.2 Å². The van der Waals surface area contributed by atoms with Crippen LogP contribution in [-0.4, -0.2) is 49.1 Å². The number of amides is 1. The molecule has 2 heterocycles. The molecule has 0 spiro atoms. The monoisotopic (exact) mass is 355 g/mol. The van der Waals surface area contributed by atoms with Crippen LogP contribution in [0.15, 0.2) is 42.6 Å². The van der Waals surface area contributed by atoms with Gasteiger partial charge >= 0.3 is 0 Å². The molecule has 2 aromatic rings. The van der Waals surface area contributed by atoms with Gasteiger partial charge in [0.2, 0.25) is 5.91 Å². The van der Waals surface area contributed by atoms with Crippen molar-refractivity contribution in [2.75, 3.05) is 38.2 Å². The summed E-state index contributed by atoms with van der Waals surface area (Å²) in [5.41, 5.74) is 1.11. The second-order valence-electron chi connectivity index (χ2n) is 6.81. The highest BCUT2D eigenvalue weighted by Gasteiger charge is 2.47. The maximum Gasteiger partial charge on any atom is 0.226 e. The molecule has 1 saturated heterocycles. The highest BCUT2D eigenvalue weighted by molar-refractivity contribution is 5.83. The van der Waals surface area contributed by atoms with Crippen molar-refractivity contribution >= 4 is 11.7 Å². The minimum atomic E-state index is -0.314. The summed E-state index contributed by atoms with van der Waals surface area (Å²) in [6.07, 6.45) is 2.46. The van der Waals surface area contributed by atoms with E-state index in [0.29, 0.717) is 32.0 Å². The first kappa shape index (κ1) is 16.8. The fourth-order valence-electron chi connectivity index (χ4n) is 3.77. The average Bonchev–Trinajstić information content (AvgIpc) is 3.48. The molecule has 26 heavy (non-hydrogen) atoms. The summed E-state index contributed by atoms with van der Waals surface area (Å²) >= 11 is 0. The van der Waals surface area contributed by atoms with E-state index in [1.807, 2.05) is 34.1 Å². The second kappa shape index (κ2) is 6.94. The third-order valence-corrected chi connectivity index (χ3v) is 5.28. The smallest absolute Gasteiger partial charge is 0.226 e. The lowest BCUT2D eigenvalue weighted by Crippen LogP contribution is -2.49. The van der Waals surface area contributed by atoms with Gasteiger partial charge in [-0.1, -0.05) is 18.2 Å². The van der Waals surface area contributed by atoms with E-state index in [9.17, 15) is 9.18 Å². The van der Waals surface area contributed by atoms with E-state index < -0.39 is 0 Å². The maximum atomic E-state index is 13.9. The van der Waals surface area contributed by atoms with E-state index in [-0.39, 0.29) is 23.6 Å². The van der Waals surface area contributed by atoms with Crippen molar-refractivity contribution in [2.45, 2.75) is 12.3 Å². The molecule has 4 rings (SSSR count). The van der Waals surface area contributed by atoms with Gasteiger partial charge in [0, 0.05) is 38.3 Å². The third-order valence-electron chi connectivity index (χ3n) is 5.28.